The zero-order chi connectivity index (χ0) is 12.5. The maximum absolute atomic E-state index is 12.9. The largest absolute Gasteiger partial charge is 0.320 e. The molecule has 1 aromatic rings. The summed E-state index contributed by atoms with van der Waals surface area (Å²) in [5, 5.41) is 6.69. The molecule has 0 atom stereocenters. The molecular formula is C13H20ClFN2. The highest BCUT2D eigenvalue weighted by molar-refractivity contribution is 6.30. The van der Waals surface area contributed by atoms with Crippen molar-refractivity contribution in [2.75, 3.05) is 26.7 Å². The molecule has 0 spiro atoms. The molecule has 4 heteroatoms. The van der Waals surface area contributed by atoms with Crippen molar-refractivity contribution in [1.29, 1.82) is 0 Å². The quantitative estimate of drug-likeness (QED) is 0.701. The SMILES string of the molecule is CNCCCCNCCc1ccc(F)c(Cl)c1. The highest BCUT2D eigenvalue weighted by Gasteiger charge is 2.00. The van der Waals surface area contributed by atoms with Crippen LogP contribution in [0.5, 0.6) is 0 Å². The Morgan fingerprint density at radius 3 is 2.65 bits per heavy atom. The zero-order valence-corrected chi connectivity index (χ0v) is 11.0. The summed E-state index contributed by atoms with van der Waals surface area (Å²) in [4.78, 5) is 0. The maximum atomic E-state index is 12.9. The fraction of sp³-hybridized carbons (Fsp3) is 0.538. The summed E-state index contributed by atoms with van der Waals surface area (Å²) in [6, 6.07) is 4.90. The zero-order valence-electron chi connectivity index (χ0n) is 10.2. The molecule has 0 aliphatic carbocycles. The van der Waals surface area contributed by atoms with E-state index in [-0.39, 0.29) is 10.8 Å². The average molecular weight is 259 g/mol. The molecule has 0 heterocycles. The minimum atomic E-state index is -0.351. The van der Waals surface area contributed by atoms with Gasteiger partial charge in [0.05, 0.1) is 5.02 Å². The van der Waals surface area contributed by atoms with E-state index < -0.39 is 0 Å². The molecule has 0 aliphatic heterocycles. The third kappa shape index (κ3) is 6.01. The molecule has 0 radical (unpaired) electrons. The smallest absolute Gasteiger partial charge is 0.141 e. The van der Waals surface area contributed by atoms with Crippen molar-refractivity contribution >= 4 is 11.6 Å². The molecule has 2 N–H and O–H groups in total. The van der Waals surface area contributed by atoms with Crippen molar-refractivity contribution in [2.45, 2.75) is 19.3 Å². The maximum Gasteiger partial charge on any atom is 0.141 e. The Kier molecular flexibility index (Phi) is 7.17. The van der Waals surface area contributed by atoms with E-state index in [0.29, 0.717) is 0 Å². The predicted octanol–water partition coefficient (Wildman–Crippen LogP) is 2.61. The minimum absolute atomic E-state index is 0.205. The van der Waals surface area contributed by atoms with Crippen molar-refractivity contribution in [2.24, 2.45) is 0 Å². The first kappa shape index (κ1) is 14.4. The molecular weight excluding hydrogens is 239 g/mol. The Morgan fingerprint density at radius 2 is 1.94 bits per heavy atom. The van der Waals surface area contributed by atoms with Gasteiger partial charge in [0, 0.05) is 0 Å². The van der Waals surface area contributed by atoms with Crippen LogP contribution in [0.1, 0.15) is 18.4 Å². The van der Waals surface area contributed by atoms with Gasteiger partial charge in [0.15, 0.2) is 0 Å². The summed E-state index contributed by atoms with van der Waals surface area (Å²) < 4.78 is 12.9. The Morgan fingerprint density at radius 1 is 1.18 bits per heavy atom. The van der Waals surface area contributed by atoms with Crippen LogP contribution >= 0.6 is 11.6 Å². The van der Waals surface area contributed by atoms with Gasteiger partial charge in [-0.2, -0.15) is 0 Å². The van der Waals surface area contributed by atoms with Gasteiger partial charge in [-0.05, 0) is 63.6 Å². The third-order valence-corrected chi connectivity index (χ3v) is 2.89. The number of nitrogens with one attached hydrogen (secondary N) is 2. The Hall–Kier alpha value is -0.640. The van der Waals surface area contributed by atoms with Crippen LogP contribution in [0, 0.1) is 5.82 Å². The summed E-state index contributed by atoms with van der Waals surface area (Å²) in [5.41, 5.74) is 1.07. The van der Waals surface area contributed by atoms with Gasteiger partial charge >= 0.3 is 0 Å². The number of unbranched alkanes of at least 4 members (excludes halogenated alkanes) is 1. The number of rotatable bonds is 8. The molecule has 0 aliphatic rings. The second-order valence-corrected chi connectivity index (χ2v) is 4.47. The molecule has 0 bridgehead atoms. The fourth-order valence-corrected chi connectivity index (χ4v) is 1.81. The molecule has 0 aromatic heterocycles. The van der Waals surface area contributed by atoms with Gasteiger partial charge in [0.25, 0.3) is 0 Å². The molecule has 0 amide bonds. The molecule has 1 rings (SSSR count). The summed E-state index contributed by atoms with van der Waals surface area (Å²) in [6.07, 6.45) is 3.24. The monoisotopic (exact) mass is 258 g/mol. The highest BCUT2D eigenvalue weighted by Crippen LogP contribution is 2.15. The van der Waals surface area contributed by atoms with Gasteiger partial charge in [-0.25, -0.2) is 4.39 Å². The van der Waals surface area contributed by atoms with Crippen LogP contribution in [0.4, 0.5) is 4.39 Å². The van der Waals surface area contributed by atoms with Crippen LogP contribution in [-0.2, 0) is 6.42 Å². The van der Waals surface area contributed by atoms with Crippen molar-refractivity contribution in [3.05, 3.63) is 34.6 Å². The first-order valence-electron chi connectivity index (χ1n) is 6.03. The van der Waals surface area contributed by atoms with Gasteiger partial charge in [-0.3, -0.25) is 0 Å². The van der Waals surface area contributed by atoms with Crippen LogP contribution in [0.2, 0.25) is 5.02 Å². The number of hydrogen-bond acceptors (Lipinski definition) is 2. The second kappa shape index (κ2) is 8.45. The molecule has 1 aromatic carbocycles. The lowest BCUT2D eigenvalue weighted by Crippen LogP contribution is -2.19. The van der Waals surface area contributed by atoms with E-state index in [1.54, 1.807) is 12.1 Å². The van der Waals surface area contributed by atoms with Crippen molar-refractivity contribution in [1.82, 2.24) is 10.6 Å². The van der Waals surface area contributed by atoms with Gasteiger partial charge in [0.1, 0.15) is 5.82 Å². The van der Waals surface area contributed by atoms with E-state index in [9.17, 15) is 4.39 Å². The standard InChI is InChI=1S/C13H20ClFN2/c1-16-7-2-3-8-17-9-6-11-4-5-13(15)12(14)10-11/h4-5,10,16-17H,2-3,6-9H2,1H3. The van der Waals surface area contributed by atoms with Crippen molar-refractivity contribution < 1.29 is 4.39 Å². The van der Waals surface area contributed by atoms with Crippen LogP contribution in [-0.4, -0.2) is 26.7 Å². The summed E-state index contributed by atoms with van der Waals surface area (Å²) in [5.74, 6) is -0.351. The first-order chi connectivity index (χ1) is 8.24. The Labute approximate surface area is 108 Å². The summed E-state index contributed by atoms with van der Waals surface area (Å²) >= 11 is 5.71. The van der Waals surface area contributed by atoms with Crippen molar-refractivity contribution in [3.8, 4) is 0 Å². The van der Waals surface area contributed by atoms with Crippen LogP contribution in [0.15, 0.2) is 18.2 Å². The van der Waals surface area contributed by atoms with Crippen LogP contribution in [0.25, 0.3) is 0 Å². The molecule has 17 heavy (non-hydrogen) atoms. The van der Waals surface area contributed by atoms with Gasteiger partial charge in [-0.1, -0.05) is 17.7 Å². The molecule has 0 unspecified atom stereocenters. The molecule has 96 valence electrons. The van der Waals surface area contributed by atoms with Crippen molar-refractivity contribution in [3.63, 3.8) is 0 Å². The molecule has 0 saturated carbocycles. The van der Waals surface area contributed by atoms with E-state index in [1.807, 2.05) is 7.05 Å². The van der Waals surface area contributed by atoms with Crippen LogP contribution in [0.3, 0.4) is 0 Å². The van der Waals surface area contributed by atoms with E-state index in [4.69, 9.17) is 11.6 Å². The minimum Gasteiger partial charge on any atom is -0.320 e. The lowest BCUT2D eigenvalue weighted by atomic mass is 10.1. The topological polar surface area (TPSA) is 24.1 Å². The van der Waals surface area contributed by atoms with Gasteiger partial charge < -0.3 is 10.6 Å². The number of halogens is 2. The van der Waals surface area contributed by atoms with E-state index in [0.717, 1.165) is 31.6 Å². The summed E-state index contributed by atoms with van der Waals surface area (Å²) in [7, 11) is 1.96. The predicted molar refractivity (Wildman–Crippen MR) is 71.1 cm³/mol. The lowest BCUT2D eigenvalue weighted by Gasteiger charge is -2.05. The molecule has 0 fully saturated rings. The summed E-state index contributed by atoms with van der Waals surface area (Å²) in [6.45, 7) is 2.99. The average Bonchev–Trinajstić information content (AvgIpc) is 2.32. The Bertz CT molecular complexity index is 331. The van der Waals surface area contributed by atoms with E-state index in [1.165, 1.54) is 18.9 Å². The lowest BCUT2D eigenvalue weighted by molar-refractivity contribution is 0.604. The van der Waals surface area contributed by atoms with E-state index >= 15 is 0 Å². The Balaban J connectivity index is 2.11. The van der Waals surface area contributed by atoms with Gasteiger partial charge in [0.2, 0.25) is 0 Å². The third-order valence-electron chi connectivity index (χ3n) is 2.60. The van der Waals surface area contributed by atoms with E-state index in [2.05, 4.69) is 10.6 Å². The van der Waals surface area contributed by atoms with Gasteiger partial charge in [-0.15, -0.1) is 0 Å². The number of benzene rings is 1. The highest BCUT2D eigenvalue weighted by atomic mass is 35.5. The second-order valence-electron chi connectivity index (χ2n) is 4.06. The molecule has 2 nitrogen and oxygen atoms in total. The fourth-order valence-electron chi connectivity index (χ4n) is 1.60. The first-order valence-corrected chi connectivity index (χ1v) is 6.41. The molecule has 0 saturated heterocycles. The normalized spacial score (nSPS) is 10.8. The van der Waals surface area contributed by atoms with Crippen LogP contribution < -0.4 is 10.6 Å². The number of hydrogen-bond donors (Lipinski definition) is 2.